The Labute approximate surface area is 118 Å². The van der Waals surface area contributed by atoms with Gasteiger partial charge in [-0.2, -0.15) is 0 Å². The molecule has 94 valence electrons. The van der Waals surface area contributed by atoms with Gasteiger partial charge >= 0.3 is 0 Å². The van der Waals surface area contributed by atoms with Gasteiger partial charge in [0.15, 0.2) is 11.5 Å². The molecular formula is C12H15Br2NO2. The standard InChI is InChI=1S/C12H15Br2NO2/c1-3-4-5-8(15)7-6-9(17-2)12(16)11(14)10(7)13/h3,6,8,16H,1,4-5,15H2,2H3/t8-/m0/s1. The van der Waals surface area contributed by atoms with E-state index in [2.05, 4.69) is 38.4 Å². The first-order chi connectivity index (χ1) is 8.02. The minimum Gasteiger partial charge on any atom is -0.503 e. The van der Waals surface area contributed by atoms with E-state index in [0.717, 1.165) is 22.9 Å². The van der Waals surface area contributed by atoms with Crippen LogP contribution >= 0.6 is 31.9 Å². The largest absolute Gasteiger partial charge is 0.503 e. The van der Waals surface area contributed by atoms with Crippen molar-refractivity contribution in [3.05, 3.63) is 33.2 Å². The number of rotatable bonds is 5. The molecule has 0 saturated heterocycles. The number of phenols is 1. The average molecular weight is 365 g/mol. The van der Waals surface area contributed by atoms with Crippen LogP contribution in [0.25, 0.3) is 0 Å². The van der Waals surface area contributed by atoms with E-state index in [1.165, 1.54) is 7.11 Å². The first-order valence-corrected chi connectivity index (χ1v) is 6.72. The molecule has 3 N–H and O–H groups in total. The zero-order chi connectivity index (χ0) is 13.0. The third-order valence-corrected chi connectivity index (χ3v) is 4.63. The van der Waals surface area contributed by atoms with E-state index in [4.69, 9.17) is 10.5 Å². The molecule has 0 saturated carbocycles. The Hall–Kier alpha value is -0.520. The molecule has 0 aliphatic rings. The van der Waals surface area contributed by atoms with Gasteiger partial charge in [0, 0.05) is 10.5 Å². The quantitative estimate of drug-likeness (QED) is 0.779. The predicted molar refractivity (Wildman–Crippen MR) is 76.4 cm³/mol. The molecule has 1 aromatic carbocycles. The van der Waals surface area contributed by atoms with E-state index in [9.17, 15) is 5.11 Å². The minimum absolute atomic E-state index is 0.0686. The van der Waals surface area contributed by atoms with Gasteiger partial charge < -0.3 is 15.6 Å². The highest BCUT2D eigenvalue weighted by Crippen LogP contribution is 2.43. The van der Waals surface area contributed by atoms with Crippen LogP contribution in [0.3, 0.4) is 0 Å². The lowest BCUT2D eigenvalue weighted by Gasteiger charge is -2.17. The van der Waals surface area contributed by atoms with Crippen molar-refractivity contribution in [2.45, 2.75) is 18.9 Å². The van der Waals surface area contributed by atoms with Crippen LogP contribution in [0.4, 0.5) is 0 Å². The normalized spacial score (nSPS) is 12.2. The summed E-state index contributed by atoms with van der Waals surface area (Å²) in [7, 11) is 1.51. The molecule has 1 atom stereocenters. The highest BCUT2D eigenvalue weighted by Gasteiger charge is 2.18. The van der Waals surface area contributed by atoms with Crippen LogP contribution in [0, 0.1) is 0 Å². The van der Waals surface area contributed by atoms with Crippen molar-refractivity contribution in [2.75, 3.05) is 7.11 Å². The van der Waals surface area contributed by atoms with E-state index in [0.29, 0.717) is 10.2 Å². The maximum absolute atomic E-state index is 9.80. The van der Waals surface area contributed by atoms with E-state index in [1.807, 2.05) is 6.08 Å². The lowest BCUT2D eigenvalue weighted by molar-refractivity contribution is 0.370. The predicted octanol–water partition coefficient (Wildman–Crippen LogP) is 3.89. The van der Waals surface area contributed by atoms with Gasteiger partial charge in [0.1, 0.15) is 0 Å². The molecule has 1 aromatic rings. The van der Waals surface area contributed by atoms with Gasteiger partial charge in [0.2, 0.25) is 0 Å². The van der Waals surface area contributed by atoms with Gasteiger partial charge in [-0.05, 0) is 56.3 Å². The van der Waals surface area contributed by atoms with Gasteiger partial charge in [-0.15, -0.1) is 6.58 Å². The Morgan fingerprint density at radius 3 is 2.71 bits per heavy atom. The molecule has 0 bridgehead atoms. The SMILES string of the molecule is C=CCC[C@H](N)c1cc(OC)c(O)c(Br)c1Br. The molecule has 0 radical (unpaired) electrons. The third-order valence-electron chi connectivity index (χ3n) is 2.48. The van der Waals surface area contributed by atoms with E-state index in [1.54, 1.807) is 6.07 Å². The molecule has 0 aromatic heterocycles. The van der Waals surface area contributed by atoms with Crippen molar-refractivity contribution in [1.82, 2.24) is 0 Å². The molecule has 1 rings (SSSR count). The summed E-state index contributed by atoms with van der Waals surface area (Å²) in [6.07, 6.45) is 3.47. The van der Waals surface area contributed by atoms with Crippen molar-refractivity contribution in [1.29, 1.82) is 0 Å². The van der Waals surface area contributed by atoms with Crippen molar-refractivity contribution in [3.63, 3.8) is 0 Å². The summed E-state index contributed by atoms with van der Waals surface area (Å²) in [6, 6.07) is 1.62. The second-order valence-electron chi connectivity index (χ2n) is 3.62. The van der Waals surface area contributed by atoms with Gasteiger partial charge in [0.25, 0.3) is 0 Å². The first-order valence-electron chi connectivity index (χ1n) is 5.14. The number of methoxy groups -OCH3 is 1. The van der Waals surface area contributed by atoms with Crippen LogP contribution < -0.4 is 10.5 Å². The first kappa shape index (κ1) is 14.5. The maximum Gasteiger partial charge on any atom is 0.173 e. The molecule has 0 fully saturated rings. The van der Waals surface area contributed by atoms with Crippen LogP contribution in [0.5, 0.6) is 11.5 Å². The van der Waals surface area contributed by atoms with E-state index in [-0.39, 0.29) is 11.8 Å². The summed E-state index contributed by atoms with van der Waals surface area (Å²) in [5.74, 6) is 0.475. The number of hydrogen-bond donors (Lipinski definition) is 2. The van der Waals surface area contributed by atoms with Gasteiger partial charge in [-0.3, -0.25) is 0 Å². The fraction of sp³-hybridized carbons (Fsp3) is 0.333. The number of ether oxygens (including phenoxy) is 1. The zero-order valence-corrected chi connectivity index (χ0v) is 12.7. The van der Waals surface area contributed by atoms with Crippen LogP contribution in [0.2, 0.25) is 0 Å². The fourth-order valence-electron chi connectivity index (χ4n) is 1.49. The van der Waals surface area contributed by atoms with Crippen molar-refractivity contribution < 1.29 is 9.84 Å². The lowest BCUT2D eigenvalue weighted by Crippen LogP contribution is -2.11. The van der Waals surface area contributed by atoms with E-state index < -0.39 is 0 Å². The van der Waals surface area contributed by atoms with Crippen LogP contribution in [0.15, 0.2) is 27.7 Å². The monoisotopic (exact) mass is 363 g/mol. The Bertz CT molecular complexity index is 421. The minimum atomic E-state index is -0.131. The number of nitrogens with two attached hydrogens (primary N) is 1. The summed E-state index contributed by atoms with van der Waals surface area (Å²) >= 11 is 6.72. The lowest BCUT2D eigenvalue weighted by atomic mass is 10.0. The summed E-state index contributed by atoms with van der Waals surface area (Å²) in [5, 5.41) is 9.80. The number of allylic oxidation sites excluding steroid dienone is 1. The Kier molecular flexibility index (Phi) is 5.49. The van der Waals surface area contributed by atoms with Crippen LogP contribution in [-0.4, -0.2) is 12.2 Å². The topological polar surface area (TPSA) is 55.5 Å². The van der Waals surface area contributed by atoms with Crippen LogP contribution in [-0.2, 0) is 0 Å². The summed E-state index contributed by atoms with van der Waals surface area (Å²) in [6.45, 7) is 3.67. The summed E-state index contributed by atoms with van der Waals surface area (Å²) < 4.78 is 6.41. The number of hydrogen-bond acceptors (Lipinski definition) is 3. The molecule has 0 aliphatic heterocycles. The Morgan fingerprint density at radius 1 is 1.53 bits per heavy atom. The van der Waals surface area contributed by atoms with Gasteiger partial charge in [0.05, 0.1) is 11.6 Å². The average Bonchev–Trinajstić information content (AvgIpc) is 2.33. The molecule has 3 nitrogen and oxygen atoms in total. The molecule has 0 aliphatic carbocycles. The summed E-state index contributed by atoms with van der Waals surface area (Å²) in [4.78, 5) is 0. The van der Waals surface area contributed by atoms with Crippen molar-refractivity contribution in [3.8, 4) is 11.5 Å². The zero-order valence-electron chi connectivity index (χ0n) is 9.54. The highest BCUT2D eigenvalue weighted by molar-refractivity contribution is 9.13. The molecule has 0 amide bonds. The van der Waals surface area contributed by atoms with Crippen molar-refractivity contribution >= 4 is 31.9 Å². The Morgan fingerprint density at radius 2 is 2.18 bits per heavy atom. The smallest absolute Gasteiger partial charge is 0.173 e. The molecule has 0 heterocycles. The summed E-state index contributed by atoms with van der Waals surface area (Å²) in [5.41, 5.74) is 6.99. The number of halogens is 2. The third kappa shape index (κ3) is 3.24. The van der Waals surface area contributed by atoms with Crippen molar-refractivity contribution in [2.24, 2.45) is 5.73 Å². The fourth-order valence-corrected chi connectivity index (χ4v) is 2.51. The maximum atomic E-state index is 9.80. The number of benzene rings is 1. The number of aromatic hydroxyl groups is 1. The second-order valence-corrected chi connectivity index (χ2v) is 5.20. The van der Waals surface area contributed by atoms with E-state index >= 15 is 0 Å². The van der Waals surface area contributed by atoms with Gasteiger partial charge in [-0.25, -0.2) is 0 Å². The highest BCUT2D eigenvalue weighted by atomic mass is 79.9. The van der Waals surface area contributed by atoms with Gasteiger partial charge in [-0.1, -0.05) is 6.08 Å². The molecular weight excluding hydrogens is 350 g/mol. The van der Waals surface area contributed by atoms with Crippen LogP contribution in [0.1, 0.15) is 24.4 Å². The Balaban J connectivity index is 3.15. The second kappa shape index (κ2) is 6.42. The molecule has 0 unspecified atom stereocenters. The number of phenolic OH excluding ortho intramolecular Hbond substituents is 1. The molecule has 5 heteroatoms. The molecule has 0 spiro atoms. The molecule has 17 heavy (non-hydrogen) atoms.